The number of nitrogens with zero attached hydrogens (tertiary/aromatic N) is 1. The SMILES string of the molecule is CC1CN(S(=O)(=O)CC2CCCCN2)CC(C)S1. The van der Waals surface area contributed by atoms with E-state index in [4.69, 9.17) is 0 Å². The lowest BCUT2D eigenvalue weighted by Gasteiger charge is -2.35. The summed E-state index contributed by atoms with van der Waals surface area (Å²) in [6, 6.07) is 0.156. The van der Waals surface area contributed by atoms with Gasteiger partial charge in [0, 0.05) is 29.6 Å². The van der Waals surface area contributed by atoms with Gasteiger partial charge in [0.2, 0.25) is 10.0 Å². The molecule has 106 valence electrons. The Bertz CT molecular complexity index is 356. The molecule has 2 aliphatic rings. The van der Waals surface area contributed by atoms with Crippen LogP contribution in [0.25, 0.3) is 0 Å². The second kappa shape index (κ2) is 6.11. The molecule has 18 heavy (non-hydrogen) atoms. The molecule has 6 heteroatoms. The Labute approximate surface area is 115 Å². The first-order chi connectivity index (χ1) is 8.47. The highest BCUT2D eigenvalue weighted by molar-refractivity contribution is 8.00. The maximum atomic E-state index is 12.4. The molecular formula is C12H24N2O2S2. The van der Waals surface area contributed by atoms with E-state index in [1.54, 1.807) is 4.31 Å². The minimum Gasteiger partial charge on any atom is -0.313 e. The average Bonchev–Trinajstić information content (AvgIpc) is 2.28. The summed E-state index contributed by atoms with van der Waals surface area (Å²) >= 11 is 1.89. The molecule has 2 heterocycles. The third-order valence-corrected chi connectivity index (χ3v) is 6.74. The summed E-state index contributed by atoms with van der Waals surface area (Å²) in [4.78, 5) is 0. The highest BCUT2D eigenvalue weighted by Gasteiger charge is 2.32. The van der Waals surface area contributed by atoms with Gasteiger partial charge in [0.1, 0.15) is 0 Å². The normalized spacial score (nSPS) is 35.6. The summed E-state index contributed by atoms with van der Waals surface area (Å²) in [5.74, 6) is 0.275. The lowest BCUT2D eigenvalue weighted by Crippen LogP contribution is -2.49. The monoisotopic (exact) mass is 292 g/mol. The van der Waals surface area contributed by atoms with Gasteiger partial charge in [-0.3, -0.25) is 0 Å². The van der Waals surface area contributed by atoms with E-state index < -0.39 is 10.0 Å². The van der Waals surface area contributed by atoms with Crippen molar-refractivity contribution in [1.29, 1.82) is 0 Å². The number of thioether (sulfide) groups is 1. The van der Waals surface area contributed by atoms with Crippen molar-refractivity contribution >= 4 is 21.8 Å². The third kappa shape index (κ3) is 3.85. The van der Waals surface area contributed by atoms with Gasteiger partial charge in [-0.2, -0.15) is 16.1 Å². The van der Waals surface area contributed by atoms with Gasteiger partial charge in [-0.05, 0) is 19.4 Å². The number of hydrogen-bond donors (Lipinski definition) is 1. The molecule has 0 amide bonds. The zero-order valence-corrected chi connectivity index (χ0v) is 12.9. The molecule has 0 aromatic rings. The van der Waals surface area contributed by atoms with E-state index in [-0.39, 0.29) is 11.8 Å². The topological polar surface area (TPSA) is 49.4 Å². The maximum Gasteiger partial charge on any atom is 0.215 e. The molecule has 0 spiro atoms. The largest absolute Gasteiger partial charge is 0.313 e. The number of nitrogens with one attached hydrogen (secondary N) is 1. The first kappa shape index (κ1) is 14.6. The van der Waals surface area contributed by atoms with E-state index in [2.05, 4.69) is 19.2 Å². The van der Waals surface area contributed by atoms with Crippen molar-refractivity contribution < 1.29 is 8.42 Å². The van der Waals surface area contributed by atoms with Crippen LogP contribution in [0.4, 0.5) is 0 Å². The molecule has 2 aliphatic heterocycles. The molecule has 4 nitrogen and oxygen atoms in total. The van der Waals surface area contributed by atoms with E-state index in [1.807, 2.05) is 11.8 Å². The second-order valence-electron chi connectivity index (χ2n) is 5.50. The van der Waals surface area contributed by atoms with Gasteiger partial charge in [-0.25, -0.2) is 8.42 Å². The van der Waals surface area contributed by atoms with Gasteiger partial charge in [0.15, 0.2) is 0 Å². The fraction of sp³-hybridized carbons (Fsp3) is 1.00. The van der Waals surface area contributed by atoms with Crippen LogP contribution in [-0.4, -0.2) is 54.7 Å². The summed E-state index contributed by atoms with van der Waals surface area (Å²) in [6.07, 6.45) is 3.31. The minimum atomic E-state index is -3.09. The molecule has 3 atom stereocenters. The van der Waals surface area contributed by atoms with Crippen molar-refractivity contribution in [2.45, 2.75) is 49.7 Å². The van der Waals surface area contributed by atoms with Crippen molar-refractivity contribution in [3.8, 4) is 0 Å². The van der Waals surface area contributed by atoms with Crippen LogP contribution in [0.5, 0.6) is 0 Å². The van der Waals surface area contributed by atoms with Gasteiger partial charge < -0.3 is 5.32 Å². The molecule has 2 fully saturated rings. The fourth-order valence-corrected chi connectivity index (χ4v) is 6.20. The predicted molar refractivity (Wildman–Crippen MR) is 77.5 cm³/mol. The number of sulfonamides is 1. The molecule has 0 radical (unpaired) electrons. The van der Waals surface area contributed by atoms with E-state index in [0.717, 1.165) is 19.4 Å². The van der Waals surface area contributed by atoms with Crippen molar-refractivity contribution in [3.05, 3.63) is 0 Å². The van der Waals surface area contributed by atoms with E-state index in [9.17, 15) is 8.42 Å². The molecular weight excluding hydrogens is 268 g/mol. The van der Waals surface area contributed by atoms with Gasteiger partial charge in [-0.1, -0.05) is 20.3 Å². The van der Waals surface area contributed by atoms with Crippen LogP contribution in [0, 0.1) is 0 Å². The summed E-state index contributed by atoms with van der Waals surface area (Å²) in [5, 5.41) is 4.14. The number of piperidine rings is 1. The molecule has 1 N–H and O–H groups in total. The predicted octanol–water partition coefficient (Wildman–Crippen LogP) is 1.28. The average molecular weight is 292 g/mol. The summed E-state index contributed by atoms with van der Waals surface area (Å²) in [5.41, 5.74) is 0. The van der Waals surface area contributed by atoms with Crippen LogP contribution in [0.1, 0.15) is 33.1 Å². The quantitative estimate of drug-likeness (QED) is 0.851. The van der Waals surface area contributed by atoms with Crippen molar-refractivity contribution in [2.75, 3.05) is 25.4 Å². The highest BCUT2D eigenvalue weighted by atomic mass is 32.2. The van der Waals surface area contributed by atoms with Crippen molar-refractivity contribution in [3.63, 3.8) is 0 Å². The molecule has 0 aromatic carbocycles. The first-order valence-corrected chi connectivity index (χ1v) is 9.39. The van der Waals surface area contributed by atoms with Crippen LogP contribution < -0.4 is 5.32 Å². The Morgan fingerprint density at radius 2 is 1.89 bits per heavy atom. The smallest absolute Gasteiger partial charge is 0.215 e. The van der Waals surface area contributed by atoms with E-state index >= 15 is 0 Å². The summed E-state index contributed by atoms with van der Waals surface area (Å²) in [7, 11) is -3.09. The Hall–Kier alpha value is 0.220. The highest BCUT2D eigenvalue weighted by Crippen LogP contribution is 2.27. The molecule has 2 saturated heterocycles. The summed E-state index contributed by atoms with van der Waals surface area (Å²) in [6.45, 7) is 6.53. The molecule has 0 aromatic heterocycles. The van der Waals surface area contributed by atoms with Crippen LogP contribution in [0.15, 0.2) is 0 Å². The van der Waals surface area contributed by atoms with Crippen LogP contribution >= 0.6 is 11.8 Å². The lowest BCUT2D eigenvalue weighted by atomic mass is 10.1. The summed E-state index contributed by atoms with van der Waals surface area (Å²) < 4.78 is 26.5. The Morgan fingerprint density at radius 1 is 1.22 bits per heavy atom. The maximum absolute atomic E-state index is 12.4. The lowest BCUT2D eigenvalue weighted by molar-refractivity contribution is 0.384. The Morgan fingerprint density at radius 3 is 2.44 bits per heavy atom. The van der Waals surface area contributed by atoms with Gasteiger partial charge in [0.25, 0.3) is 0 Å². The van der Waals surface area contributed by atoms with Crippen molar-refractivity contribution in [1.82, 2.24) is 9.62 Å². The van der Waals surface area contributed by atoms with Crippen LogP contribution in [0.3, 0.4) is 0 Å². The fourth-order valence-electron chi connectivity index (χ4n) is 2.78. The van der Waals surface area contributed by atoms with Gasteiger partial charge in [-0.15, -0.1) is 0 Å². The Kier molecular flexibility index (Phi) is 4.97. The standard InChI is InChI=1S/C12H24N2O2S2/c1-10-7-14(8-11(2)17-10)18(15,16)9-12-5-3-4-6-13-12/h10-13H,3-9H2,1-2H3. The molecule has 0 aliphatic carbocycles. The van der Waals surface area contributed by atoms with Gasteiger partial charge in [0.05, 0.1) is 5.75 Å². The number of rotatable bonds is 3. The third-order valence-electron chi connectivity index (χ3n) is 3.60. The molecule has 2 rings (SSSR count). The first-order valence-electron chi connectivity index (χ1n) is 6.84. The second-order valence-corrected chi connectivity index (χ2v) is 9.39. The van der Waals surface area contributed by atoms with E-state index in [1.165, 1.54) is 6.42 Å². The molecule has 0 bridgehead atoms. The zero-order chi connectivity index (χ0) is 13.2. The Balaban J connectivity index is 1.96. The van der Waals surface area contributed by atoms with Crippen LogP contribution in [-0.2, 0) is 10.0 Å². The van der Waals surface area contributed by atoms with Gasteiger partial charge >= 0.3 is 0 Å². The molecule has 0 saturated carbocycles. The molecule has 3 unspecified atom stereocenters. The zero-order valence-electron chi connectivity index (χ0n) is 11.3. The van der Waals surface area contributed by atoms with E-state index in [0.29, 0.717) is 23.6 Å². The minimum absolute atomic E-state index is 0.156. The van der Waals surface area contributed by atoms with Crippen LogP contribution in [0.2, 0.25) is 0 Å². The van der Waals surface area contributed by atoms with Crippen molar-refractivity contribution in [2.24, 2.45) is 0 Å². The number of hydrogen-bond acceptors (Lipinski definition) is 4.